The number of aromatic nitrogens is 3. The molecule has 0 aliphatic carbocycles. The zero-order valence-corrected chi connectivity index (χ0v) is 13.5. The maximum Gasteiger partial charge on any atom is 0.270 e. The summed E-state index contributed by atoms with van der Waals surface area (Å²) in [7, 11) is 0. The molecule has 3 aromatic carbocycles. The van der Waals surface area contributed by atoms with Crippen LogP contribution in [0, 0.1) is 10.1 Å². The van der Waals surface area contributed by atoms with Gasteiger partial charge < -0.3 is 0 Å². The third kappa shape index (κ3) is 2.05. The summed E-state index contributed by atoms with van der Waals surface area (Å²) in [6.45, 7) is 0. The summed E-state index contributed by atoms with van der Waals surface area (Å²) >= 11 is 0. The van der Waals surface area contributed by atoms with Crippen LogP contribution in [0.25, 0.3) is 39.0 Å². The first-order valence-electron chi connectivity index (χ1n) is 8.13. The van der Waals surface area contributed by atoms with E-state index in [4.69, 9.17) is 9.97 Å². The quantitative estimate of drug-likeness (QED) is 0.347. The monoisotopic (exact) mass is 340 g/mol. The first-order chi connectivity index (χ1) is 12.7. The molecule has 0 N–H and O–H groups in total. The van der Waals surface area contributed by atoms with Crippen molar-refractivity contribution in [3.63, 3.8) is 0 Å². The highest BCUT2D eigenvalue weighted by molar-refractivity contribution is 5.98. The number of hydrogen-bond acceptors (Lipinski definition) is 4. The topological polar surface area (TPSA) is 73.3 Å². The lowest BCUT2D eigenvalue weighted by molar-refractivity contribution is -0.384. The van der Waals surface area contributed by atoms with Gasteiger partial charge in [0.2, 0.25) is 0 Å². The highest BCUT2D eigenvalue weighted by atomic mass is 16.6. The summed E-state index contributed by atoms with van der Waals surface area (Å²) in [4.78, 5) is 20.4. The summed E-state index contributed by atoms with van der Waals surface area (Å²) in [5.41, 5.74) is 4.09. The predicted molar refractivity (Wildman–Crippen MR) is 100 cm³/mol. The van der Waals surface area contributed by atoms with Gasteiger partial charge in [0.25, 0.3) is 5.69 Å². The summed E-state index contributed by atoms with van der Waals surface area (Å²) in [6.07, 6.45) is 0. The Kier molecular flexibility index (Phi) is 2.99. The van der Waals surface area contributed by atoms with Crippen molar-refractivity contribution in [2.45, 2.75) is 0 Å². The van der Waals surface area contributed by atoms with Crippen LogP contribution in [0.3, 0.4) is 0 Å². The minimum Gasteiger partial charge on any atom is -0.276 e. The van der Waals surface area contributed by atoms with Crippen LogP contribution in [-0.2, 0) is 0 Å². The zero-order valence-electron chi connectivity index (χ0n) is 13.5. The lowest BCUT2D eigenvalue weighted by Crippen LogP contribution is -1.98. The van der Waals surface area contributed by atoms with Gasteiger partial charge >= 0.3 is 0 Å². The van der Waals surface area contributed by atoms with Gasteiger partial charge in [-0.2, -0.15) is 0 Å². The van der Waals surface area contributed by atoms with E-state index < -0.39 is 4.92 Å². The minimum atomic E-state index is -0.395. The Labute approximate surface area is 147 Å². The molecule has 0 fully saturated rings. The number of rotatable bonds is 2. The molecule has 6 heteroatoms. The van der Waals surface area contributed by atoms with Gasteiger partial charge in [-0.15, -0.1) is 0 Å². The van der Waals surface area contributed by atoms with Gasteiger partial charge in [-0.05, 0) is 24.3 Å². The lowest BCUT2D eigenvalue weighted by Gasteiger charge is -2.09. The average Bonchev–Trinajstić information content (AvgIpc) is 3.07. The van der Waals surface area contributed by atoms with Crippen molar-refractivity contribution in [1.82, 2.24) is 14.4 Å². The van der Waals surface area contributed by atoms with E-state index in [9.17, 15) is 10.1 Å². The summed E-state index contributed by atoms with van der Waals surface area (Å²) < 4.78 is 1.97. The van der Waals surface area contributed by atoms with Crippen molar-refractivity contribution >= 4 is 33.3 Å². The summed E-state index contributed by atoms with van der Waals surface area (Å²) in [5, 5.41) is 12.1. The van der Waals surface area contributed by atoms with Gasteiger partial charge in [0.05, 0.1) is 21.5 Å². The second-order valence-corrected chi connectivity index (χ2v) is 6.02. The molecule has 0 amide bonds. The van der Waals surface area contributed by atoms with E-state index in [0.29, 0.717) is 11.4 Å². The average molecular weight is 340 g/mol. The van der Waals surface area contributed by atoms with E-state index in [1.807, 2.05) is 59.0 Å². The first-order valence-corrected chi connectivity index (χ1v) is 8.13. The van der Waals surface area contributed by atoms with Crippen molar-refractivity contribution in [2.75, 3.05) is 0 Å². The maximum absolute atomic E-state index is 11.2. The fraction of sp³-hybridized carbons (Fsp3) is 0. The fourth-order valence-corrected chi connectivity index (χ4v) is 3.30. The number of fused-ring (bicyclic) bond motifs is 5. The van der Waals surface area contributed by atoms with E-state index in [2.05, 4.69) is 0 Å². The van der Waals surface area contributed by atoms with Crippen LogP contribution in [0.4, 0.5) is 5.69 Å². The van der Waals surface area contributed by atoms with Gasteiger partial charge in [0.15, 0.2) is 0 Å². The highest BCUT2D eigenvalue weighted by Gasteiger charge is 2.16. The molecule has 0 aliphatic rings. The fourth-order valence-electron chi connectivity index (χ4n) is 3.30. The second kappa shape index (κ2) is 5.35. The van der Waals surface area contributed by atoms with E-state index in [-0.39, 0.29) is 5.69 Å². The molecule has 26 heavy (non-hydrogen) atoms. The van der Waals surface area contributed by atoms with Crippen molar-refractivity contribution < 1.29 is 4.92 Å². The van der Waals surface area contributed by atoms with Crippen molar-refractivity contribution in [1.29, 1.82) is 0 Å². The second-order valence-electron chi connectivity index (χ2n) is 6.02. The molecule has 124 valence electrons. The van der Waals surface area contributed by atoms with Gasteiger partial charge in [-0.3, -0.25) is 14.5 Å². The molecule has 0 spiro atoms. The van der Waals surface area contributed by atoms with E-state index in [1.54, 1.807) is 12.1 Å². The number of hydrogen-bond donors (Lipinski definition) is 0. The number of nitro groups is 1. The molecule has 5 rings (SSSR count). The lowest BCUT2D eigenvalue weighted by atomic mass is 10.1. The van der Waals surface area contributed by atoms with E-state index in [1.165, 1.54) is 6.07 Å². The van der Waals surface area contributed by atoms with Gasteiger partial charge in [0, 0.05) is 23.1 Å². The maximum atomic E-state index is 11.2. The summed E-state index contributed by atoms with van der Waals surface area (Å²) in [5.74, 6) is 0.635. The Morgan fingerprint density at radius 3 is 2.46 bits per heavy atom. The molecule has 0 saturated carbocycles. The Morgan fingerprint density at radius 1 is 0.846 bits per heavy atom. The van der Waals surface area contributed by atoms with Gasteiger partial charge in [-0.25, -0.2) is 9.97 Å². The SMILES string of the molecule is O=[N+]([O-])c1cccc(-c2nc3ccccc3c3nc4ccccc4n23)c1. The summed E-state index contributed by atoms with van der Waals surface area (Å²) in [6, 6.07) is 22.1. The normalized spacial score (nSPS) is 11.4. The Balaban J connectivity index is 1.97. The van der Waals surface area contributed by atoms with Crippen LogP contribution in [0.1, 0.15) is 0 Å². The van der Waals surface area contributed by atoms with E-state index in [0.717, 1.165) is 27.6 Å². The highest BCUT2D eigenvalue weighted by Crippen LogP contribution is 2.30. The largest absolute Gasteiger partial charge is 0.276 e. The number of non-ortho nitro benzene ring substituents is 1. The molecule has 0 atom stereocenters. The third-order valence-electron chi connectivity index (χ3n) is 4.46. The molecule has 0 radical (unpaired) electrons. The smallest absolute Gasteiger partial charge is 0.270 e. The standard InChI is InChI=1S/C20H12N4O2/c25-24(26)14-7-5-6-13(12-14)19-21-16-9-2-1-8-15(16)20-22-17-10-3-4-11-18(17)23(19)20/h1-12H. The molecule has 5 aromatic rings. The third-order valence-corrected chi connectivity index (χ3v) is 4.46. The van der Waals surface area contributed by atoms with Crippen LogP contribution >= 0.6 is 0 Å². The van der Waals surface area contributed by atoms with E-state index >= 15 is 0 Å². The number of para-hydroxylation sites is 3. The minimum absolute atomic E-state index is 0.0371. The number of imidazole rings is 1. The van der Waals surface area contributed by atoms with Crippen LogP contribution in [0.5, 0.6) is 0 Å². The molecular weight excluding hydrogens is 328 g/mol. The molecule has 0 aliphatic heterocycles. The Bertz CT molecular complexity index is 1320. The van der Waals surface area contributed by atoms with Crippen LogP contribution in [0.2, 0.25) is 0 Å². The van der Waals surface area contributed by atoms with Crippen molar-refractivity contribution in [3.8, 4) is 11.4 Å². The number of nitrogens with zero attached hydrogens (tertiary/aromatic N) is 4. The zero-order chi connectivity index (χ0) is 17.7. The Morgan fingerprint density at radius 2 is 1.62 bits per heavy atom. The molecule has 0 unspecified atom stereocenters. The van der Waals surface area contributed by atoms with Crippen molar-refractivity contribution in [3.05, 3.63) is 82.9 Å². The Hall–Kier alpha value is -3.80. The first kappa shape index (κ1) is 14.5. The van der Waals surface area contributed by atoms with Gasteiger partial charge in [0.1, 0.15) is 11.5 Å². The van der Waals surface area contributed by atoms with Crippen LogP contribution in [0.15, 0.2) is 72.8 Å². The molecule has 2 aromatic heterocycles. The van der Waals surface area contributed by atoms with Gasteiger partial charge in [-0.1, -0.05) is 36.4 Å². The predicted octanol–water partition coefficient (Wildman–Crippen LogP) is 4.61. The molecule has 0 saturated heterocycles. The van der Waals surface area contributed by atoms with Crippen LogP contribution in [-0.4, -0.2) is 19.3 Å². The molecular formula is C20H12N4O2. The van der Waals surface area contributed by atoms with Crippen LogP contribution < -0.4 is 0 Å². The number of nitro benzene ring substituents is 1. The molecule has 2 heterocycles. The molecule has 6 nitrogen and oxygen atoms in total. The van der Waals surface area contributed by atoms with Crippen molar-refractivity contribution in [2.24, 2.45) is 0 Å². The number of benzene rings is 3. The molecule has 0 bridgehead atoms.